The van der Waals surface area contributed by atoms with Crippen LogP contribution in [0, 0.1) is 0 Å². The van der Waals surface area contributed by atoms with E-state index in [4.69, 9.17) is 10.5 Å². The second kappa shape index (κ2) is 4.81. The monoisotopic (exact) mass is 217 g/mol. The van der Waals surface area contributed by atoms with E-state index >= 15 is 0 Å². The first-order valence-electron chi connectivity index (χ1n) is 5.22. The largest absolute Gasteiger partial charge is 0.494 e. The van der Waals surface area contributed by atoms with Crippen molar-refractivity contribution < 1.29 is 4.74 Å². The number of methoxy groups -OCH3 is 1. The topological polar surface area (TPSA) is 53.1 Å². The van der Waals surface area contributed by atoms with Crippen LogP contribution in [0.15, 0.2) is 36.7 Å². The highest BCUT2D eigenvalue weighted by Crippen LogP contribution is 2.21. The Morgan fingerprint density at radius 3 is 2.94 bits per heavy atom. The van der Waals surface area contributed by atoms with Crippen LogP contribution in [-0.2, 0) is 6.42 Å². The van der Waals surface area contributed by atoms with Crippen molar-refractivity contribution >= 4 is 0 Å². The summed E-state index contributed by atoms with van der Waals surface area (Å²) in [7, 11) is 1.66. The predicted molar refractivity (Wildman–Crippen MR) is 62.9 cm³/mol. The van der Waals surface area contributed by atoms with Gasteiger partial charge in [-0.2, -0.15) is 5.10 Å². The molecule has 84 valence electrons. The Morgan fingerprint density at radius 1 is 1.38 bits per heavy atom. The lowest BCUT2D eigenvalue weighted by atomic mass is 10.2. The Bertz CT molecular complexity index is 465. The number of aromatic nitrogens is 2. The molecule has 2 aromatic rings. The Labute approximate surface area is 94.6 Å². The second-order valence-corrected chi connectivity index (χ2v) is 3.50. The van der Waals surface area contributed by atoms with Gasteiger partial charge in [0.2, 0.25) is 0 Å². The fourth-order valence-corrected chi connectivity index (χ4v) is 1.61. The number of para-hydroxylation sites is 2. The van der Waals surface area contributed by atoms with E-state index in [-0.39, 0.29) is 0 Å². The van der Waals surface area contributed by atoms with E-state index in [1.807, 2.05) is 41.3 Å². The van der Waals surface area contributed by atoms with Crippen molar-refractivity contribution in [3.8, 4) is 11.4 Å². The molecule has 2 rings (SSSR count). The number of rotatable bonds is 4. The van der Waals surface area contributed by atoms with Gasteiger partial charge in [0.05, 0.1) is 13.3 Å². The van der Waals surface area contributed by atoms with Crippen molar-refractivity contribution in [1.82, 2.24) is 9.78 Å². The van der Waals surface area contributed by atoms with Crippen LogP contribution in [0.25, 0.3) is 5.69 Å². The Balaban J connectivity index is 2.34. The van der Waals surface area contributed by atoms with Gasteiger partial charge in [-0.3, -0.25) is 0 Å². The highest BCUT2D eigenvalue weighted by Gasteiger charge is 2.05. The summed E-state index contributed by atoms with van der Waals surface area (Å²) >= 11 is 0. The number of benzene rings is 1. The van der Waals surface area contributed by atoms with Gasteiger partial charge in [0.25, 0.3) is 0 Å². The lowest BCUT2D eigenvalue weighted by Crippen LogP contribution is -2.02. The van der Waals surface area contributed by atoms with Crippen LogP contribution in [0.5, 0.6) is 5.75 Å². The van der Waals surface area contributed by atoms with Crippen LogP contribution in [0.2, 0.25) is 0 Å². The summed E-state index contributed by atoms with van der Waals surface area (Å²) in [5, 5.41) is 4.29. The molecule has 0 radical (unpaired) electrons. The molecule has 0 saturated heterocycles. The van der Waals surface area contributed by atoms with Gasteiger partial charge in [0.15, 0.2) is 0 Å². The van der Waals surface area contributed by atoms with Crippen LogP contribution in [0.1, 0.15) is 5.56 Å². The molecule has 0 amide bonds. The van der Waals surface area contributed by atoms with E-state index < -0.39 is 0 Å². The molecule has 1 heterocycles. The van der Waals surface area contributed by atoms with Gasteiger partial charge in [0, 0.05) is 6.20 Å². The predicted octanol–water partition coefficient (Wildman–Crippen LogP) is 1.38. The zero-order valence-electron chi connectivity index (χ0n) is 9.26. The molecule has 0 spiro atoms. The highest BCUT2D eigenvalue weighted by molar-refractivity contribution is 5.46. The summed E-state index contributed by atoms with van der Waals surface area (Å²) in [6.07, 6.45) is 4.65. The number of nitrogens with two attached hydrogens (primary N) is 1. The van der Waals surface area contributed by atoms with E-state index in [0.717, 1.165) is 23.4 Å². The SMILES string of the molecule is COc1ccccc1-n1cc(CCN)cn1. The van der Waals surface area contributed by atoms with Gasteiger partial charge >= 0.3 is 0 Å². The van der Waals surface area contributed by atoms with Crippen LogP contribution < -0.4 is 10.5 Å². The fourth-order valence-electron chi connectivity index (χ4n) is 1.61. The summed E-state index contributed by atoms with van der Waals surface area (Å²) in [4.78, 5) is 0. The molecule has 0 atom stereocenters. The first-order valence-corrected chi connectivity index (χ1v) is 5.22. The van der Waals surface area contributed by atoms with Gasteiger partial charge in [-0.25, -0.2) is 4.68 Å². The number of hydrogen-bond acceptors (Lipinski definition) is 3. The number of nitrogens with zero attached hydrogens (tertiary/aromatic N) is 2. The van der Waals surface area contributed by atoms with E-state index in [1.165, 1.54) is 0 Å². The molecule has 16 heavy (non-hydrogen) atoms. The Kier molecular flexibility index (Phi) is 3.22. The normalized spacial score (nSPS) is 10.4. The molecule has 0 aliphatic heterocycles. The van der Waals surface area contributed by atoms with Crippen LogP contribution in [0.4, 0.5) is 0 Å². The third kappa shape index (κ3) is 2.06. The summed E-state index contributed by atoms with van der Waals surface area (Å²) in [5.74, 6) is 0.810. The first-order chi connectivity index (χ1) is 7.85. The minimum atomic E-state index is 0.637. The van der Waals surface area contributed by atoms with Crippen molar-refractivity contribution in [1.29, 1.82) is 0 Å². The summed E-state index contributed by atoms with van der Waals surface area (Å²) in [6.45, 7) is 0.637. The minimum absolute atomic E-state index is 0.637. The fraction of sp³-hybridized carbons (Fsp3) is 0.250. The molecule has 1 aromatic carbocycles. The van der Waals surface area contributed by atoms with E-state index in [9.17, 15) is 0 Å². The van der Waals surface area contributed by atoms with Crippen molar-refractivity contribution in [2.75, 3.05) is 13.7 Å². The average Bonchev–Trinajstić information content (AvgIpc) is 2.78. The molecule has 0 aliphatic rings. The molecule has 0 saturated carbocycles. The van der Waals surface area contributed by atoms with Gasteiger partial charge in [0.1, 0.15) is 11.4 Å². The average molecular weight is 217 g/mol. The van der Waals surface area contributed by atoms with Gasteiger partial charge in [-0.1, -0.05) is 12.1 Å². The summed E-state index contributed by atoms with van der Waals surface area (Å²) in [6, 6.07) is 7.78. The maximum absolute atomic E-state index is 5.50. The molecule has 4 heteroatoms. The number of hydrogen-bond donors (Lipinski definition) is 1. The van der Waals surface area contributed by atoms with Crippen LogP contribution in [0.3, 0.4) is 0 Å². The maximum Gasteiger partial charge on any atom is 0.144 e. The lowest BCUT2D eigenvalue weighted by Gasteiger charge is -2.07. The zero-order valence-corrected chi connectivity index (χ0v) is 9.26. The Morgan fingerprint density at radius 2 is 2.19 bits per heavy atom. The summed E-state index contributed by atoms with van der Waals surface area (Å²) < 4.78 is 7.09. The van der Waals surface area contributed by atoms with Gasteiger partial charge < -0.3 is 10.5 Å². The first kappa shape index (κ1) is 10.7. The zero-order chi connectivity index (χ0) is 11.4. The van der Waals surface area contributed by atoms with Crippen LogP contribution >= 0.6 is 0 Å². The van der Waals surface area contributed by atoms with Gasteiger partial charge in [-0.15, -0.1) is 0 Å². The molecular formula is C12H15N3O. The standard InChI is InChI=1S/C12H15N3O/c1-16-12-5-3-2-4-11(12)15-9-10(6-7-13)8-14-15/h2-5,8-9H,6-7,13H2,1H3. The molecule has 1 aromatic heterocycles. The van der Waals surface area contributed by atoms with Gasteiger partial charge in [-0.05, 0) is 30.7 Å². The van der Waals surface area contributed by atoms with Crippen molar-refractivity contribution in [3.05, 3.63) is 42.2 Å². The van der Waals surface area contributed by atoms with E-state index in [1.54, 1.807) is 7.11 Å². The quantitative estimate of drug-likeness (QED) is 0.841. The van der Waals surface area contributed by atoms with Crippen molar-refractivity contribution in [2.45, 2.75) is 6.42 Å². The van der Waals surface area contributed by atoms with Crippen molar-refractivity contribution in [2.24, 2.45) is 5.73 Å². The molecule has 0 bridgehead atoms. The van der Waals surface area contributed by atoms with Crippen molar-refractivity contribution in [3.63, 3.8) is 0 Å². The second-order valence-electron chi connectivity index (χ2n) is 3.50. The Hall–Kier alpha value is -1.81. The number of ether oxygens (including phenoxy) is 1. The molecule has 0 unspecified atom stereocenters. The molecular weight excluding hydrogens is 202 g/mol. The summed E-state index contributed by atoms with van der Waals surface area (Å²) in [5.41, 5.74) is 7.57. The third-order valence-corrected chi connectivity index (χ3v) is 2.40. The lowest BCUT2D eigenvalue weighted by molar-refractivity contribution is 0.411. The molecule has 4 nitrogen and oxygen atoms in total. The third-order valence-electron chi connectivity index (χ3n) is 2.40. The smallest absolute Gasteiger partial charge is 0.144 e. The van der Waals surface area contributed by atoms with Crippen LogP contribution in [-0.4, -0.2) is 23.4 Å². The van der Waals surface area contributed by atoms with E-state index in [2.05, 4.69) is 5.10 Å². The minimum Gasteiger partial charge on any atom is -0.494 e. The molecule has 0 fully saturated rings. The van der Waals surface area contributed by atoms with E-state index in [0.29, 0.717) is 6.54 Å². The maximum atomic E-state index is 5.50. The highest BCUT2D eigenvalue weighted by atomic mass is 16.5. The molecule has 2 N–H and O–H groups in total. The molecule has 0 aliphatic carbocycles.